The lowest BCUT2D eigenvalue weighted by Gasteiger charge is -2.14. The molecule has 2 N–H and O–H groups in total. The molecule has 0 unspecified atom stereocenters. The van der Waals surface area contributed by atoms with Gasteiger partial charge in [-0.2, -0.15) is 0 Å². The van der Waals surface area contributed by atoms with E-state index in [1.807, 2.05) is 6.92 Å². The van der Waals surface area contributed by atoms with Crippen molar-refractivity contribution in [1.29, 1.82) is 0 Å². The van der Waals surface area contributed by atoms with Crippen LogP contribution in [-0.4, -0.2) is 41.6 Å². The van der Waals surface area contributed by atoms with E-state index in [1.54, 1.807) is 36.4 Å². The van der Waals surface area contributed by atoms with Gasteiger partial charge in [-0.05, 0) is 70.5 Å². The van der Waals surface area contributed by atoms with Crippen LogP contribution in [0.3, 0.4) is 0 Å². The lowest BCUT2D eigenvalue weighted by Crippen LogP contribution is -2.31. The number of carboxylic acid groups (broad SMARTS) is 1. The Bertz CT molecular complexity index is 1070. The summed E-state index contributed by atoms with van der Waals surface area (Å²) >= 11 is 2.10. The van der Waals surface area contributed by atoms with Gasteiger partial charge < -0.3 is 19.9 Å². The predicted octanol–water partition coefficient (Wildman–Crippen LogP) is 3.88. The molecular weight excluding hydrogens is 515 g/mol. The van der Waals surface area contributed by atoms with E-state index in [-0.39, 0.29) is 23.8 Å². The fourth-order valence-corrected chi connectivity index (χ4v) is 3.86. The number of carbonyl (C=O) groups is 3. The van der Waals surface area contributed by atoms with Gasteiger partial charge in [-0.1, -0.05) is 19.1 Å². The number of nitrogens with zero attached hydrogens (tertiary/aromatic N) is 1. The second kappa shape index (κ2) is 9.82. The van der Waals surface area contributed by atoms with E-state index in [0.29, 0.717) is 35.6 Å². The first-order chi connectivity index (χ1) is 14.8. The molecule has 31 heavy (non-hydrogen) atoms. The summed E-state index contributed by atoms with van der Waals surface area (Å²) < 4.78 is 12.1. The summed E-state index contributed by atoms with van der Waals surface area (Å²) in [4.78, 5) is 36.7. The third-order valence-electron chi connectivity index (χ3n) is 4.53. The number of hydrogen-bond donors (Lipinski definition) is 2. The molecule has 1 saturated heterocycles. The van der Waals surface area contributed by atoms with E-state index in [9.17, 15) is 14.4 Å². The quantitative estimate of drug-likeness (QED) is 0.302. The summed E-state index contributed by atoms with van der Waals surface area (Å²) in [5.74, 6) is -0.410. The van der Waals surface area contributed by atoms with Gasteiger partial charge >= 0.3 is 12.0 Å². The molecular formula is C22H21IN2O6. The van der Waals surface area contributed by atoms with Crippen LogP contribution in [0, 0.1) is 3.57 Å². The van der Waals surface area contributed by atoms with Crippen LogP contribution in [0.2, 0.25) is 0 Å². The van der Waals surface area contributed by atoms with Gasteiger partial charge in [-0.25, -0.2) is 9.59 Å². The SMILES string of the molecule is CCCN1C(=O)N/C(=C/c2cc(I)c(OCc3cccc(C(=O)O)c3)c(OC)c2)C1=O. The molecule has 0 radical (unpaired) electrons. The zero-order chi connectivity index (χ0) is 22.5. The number of halogens is 1. The molecule has 2 aromatic carbocycles. The van der Waals surface area contributed by atoms with Gasteiger partial charge in [0.1, 0.15) is 12.3 Å². The maximum Gasteiger partial charge on any atom is 0.335 e. The van der Waals surface area contributed by atoms with Crippen LogP contribution in [0.15, 0.2) is 42.1 Å². The second-order valence-electron chi connectivity index (χ2n) is 6.77. The molecule has 1 heterocycles. The van der Waals surface area contributed by atoms with Crippen LogP contribution in [0.4, 0.5) is 4.79 Å². The van der Waals surface area contributed by atoms with Crippen molar-refractivity contribution in [2.75, 3.05) is 13.7 Å². The molecule has 162 valence electrons. The molecule has 1 fully saturated rings. The van der Waals surface area contributed by atoms with Gasteiger partial charge in [0.05, 0.1) is 16.2 Å². The Hall–Kier alpha value is -3.08. The van der Waals surface area contributed by atoms with Gasteiger partial charge in [0, 0.05) is 6.54 Å². The third-order valence-corrected chi connectivity index (χ3v) is 5.33. The molecule has 9 heteroatoms. The van der Waals surface area contributed by atoms with E-state index in [4.69, 9.17) is 14.6 Å². The number of imide groups is 1. The average molecular weight is 536 g/mol. The van der Waals surface area contributed by atoms with Crippen molar-refractivity contribution in [3.63, 3.8) is 0 Å². The topological polar surface area (TPSA) is 105 Å². The summed E-state index contributed by atoms with van der Waals surface area (Å²) in [5, 5.41) is 11.7. The number of carbonyl (C=O) groups excluding carboxylic acids is 2. The molecule has 3 rings (SSSR count). The minimum absolute atomic E-state index is 0.161. The Kier molecular flexibility index (Phi) is 7.16. The van der Waals surface area contributed by atoms with Crippen molar-refractivity contribution in [2.45, 2.75) is 20.0 Å². The summed E-state index contributed by atoms with van der Waals surface area (Å²) in [6.45, 7) is 2.42. The molecule has 0 aliphatic carbocycles. The lowest BCUT2D eigenvalue weighted by molar-refractivity contribution is -0.122. The van der Waals surface area contributed by atoms with Crippen molar-refractivity contribution in [3.05, 3.63) is 62.4 Å². The molecule has 1 aliphatic heterocycles. The van der Waals surface area contributed by atoms with Crippen molar-refractivity contribution in [3.8, 4) is 11.5 Å². The fourth-order valence-electron chi connectivity index (χ4n) is 3.08. The van der Waals surface area contributed by atoms with Gasteiger partial charge in [-0.15, -0.1) is 0 Å². The zero-order valence-electron chi connectivity index (χ0n) is 17.0. The fraction of sp³-hybridized carbons (Fsp3) is 0.227. The van der Waals surface area contributed by atoms with Gasteiger partial charge in [0.2, 0.25) is 0 Å². The number of benzene rings is 2. The second-order valence-corrected chi connectivity index (χ2v) is 7.94. The standard InChI is InChI=1S/C22H21IN2O6/c1-3-7-25-20(26)17(24-22(25)29)10-14-9-16(23)19(18(11-14)30-2)31-12-13-5-4-6-15(8-13)21(27)28/h4-6,8-11H,3,7,12H2,1-2H3,(H,24,29)(H,27,28)/b17-10+. The van der Waals surface area contributed by atoms with Crippen LogP contribution < -0.4 is 14.8 Å². The smallest absolute Gasteiger partial charge is 0.335 e. The molecule has 2 aromatic rings. The van der Waals surface area contributed by atoms with E-state index in [0.717, 1.165) is 3.57 Å². The number of amides is 3. The Morgan fingerprint density at radius 2 is 2.03 bits per heavy atom. The van der Waals surface area contributed by atoms with E-state index >= 15 is 0 Å². The summed E-state index contributed by atoms with van der Waals surface area (Å²) in [6.07, 6.45) is 2.28. The van der Waals surface area contributed by atoms with Gasteiger partial charge in [-0.3, -0.25) is 9.69 Å². The highest BCUT2D eigenvalue weighted by Crippen LogP contribution is 2.35. The molecule has 0 aromatic heterocycles. The summed E-state index contributed by atoms with van der Waals surface area (Å²) in [6, 6.07) is 9.60. The van der Waals surface area contributed by atoms with E-state index < -0.39 is 12.0 Å². The normalized spacial score (nSPS) is 14.7. The van der Waals surface area contributed by atoms with Crippen molar-refractivity contribution < 1.29 is 29.0 Å². The van der Waals surface area contributed by atoms with Crippen LogP contribution in [0.25, 0.3) is 6.08 Å². The number of nitrogens with one attached hydrogen (secondary N) is 1. The average Bonchev–Trinajstić information content (AvgIpc) is 3.00. The highest BCUT2D eigenvalue weighted by molar-refractivity contribution is 14.1. The Morgan fingerprint density at radius 3 is 2.71 bits per heavy atom. The summed E-state index contributed by atoms with van der Waals surface area (Å²) in [7, 11) is 1.51. The molecule has 0 atom stereocenters. The molecule has 0 saturated carbocycles. The van der Waals surface area contributed by atoms with Crippen LogP contribution >= 0.6 is 22.6 Å². The predicted molar refractivity (Wildman–Crippen MR) is 122 cm³/mol. The Balaban J connectivity index is 1.82. The first-order valence-electron chi connectivity index (χ1n) is 9.51. The molecule has 1 aliphatic rings. The number of carboxylic acids is 1. The van der Waals surface area contributed by atoms with E-state index in [1.165, 1.54) is 18.1 Å². The Morgan fingerprint density at radius 1 is 1.26 bits per heavy atom. The number of methoxy groups -OCH3 is 1. The maximum absolute atomic E-state index is 12.4. The summed E-state index contributed by atoms with van der Waals surface area (Å²) in [5.41, 5.74) is 1.77. The monoisotopic (exact) mass is 536 g/mol. The third kappa shape index (κ3) is 5.16. The first kappa shape index (κ1) is 22.6. The van der Waals surface area contributed by atoms with E-state index in [2.05, 4.69) is 27.9 Å². The highest BCUT2D eigenvalue weighted by Gasteiger charge is 2.32. The van der Waals surface area contributed by atoms with Gasteiger partial charge in [0.15, 0.2) is 11.5 Å². The van der Waals surface area contributed by atoms with Crippen LogP contribution in [0.1, 0.15) is 34.8 Å². The lowest BCUT2D eigenvalue weighted by atomic mass is 10.1. The number of rotatable bonds is 8. The molecule has 8 nitrogen and oxygen atoms in total. The number of ether oxygens (including phenoxy) is 2. The number of aromatic carboxylic acids is 1. The van der Waals surface area contributed by atoms with Crippen molar-refractivity contribution >= 4 is 46.6 Å². The molecule has 0 bridgehead atoms. The number of urea groups is 1. The van der Waals surface area contributed by atoms with Crippen molar-refractivity contribution in [1.82, 2.24) is 10.2 Å². The largest absolute Gasteiger partial charge is 0.493 e. The minimum Gasteiger partial charge on any atom is -0.493 e. The zero-order valence-corrected chi connectivity index (χ0v) is 19.1. The van der Waals surface area contributed by atoms with Crippen LogP contribution in [0.5, 0.6) is 11.5 Å². The van der Waals surface area contributed by atoms with Crippen LogP contribution in [-0.2, 0) is 11.4 Å². The Labute approximate surface area is 193 Å². The highest BCUT2D eigenvalue weighted by atomic mass is 127. The number of hydrogen-bond acceptors (Lipinski definition) is 5. The van der Waals surface area contributed by atoms with Crippen molar-refractivity contribution in [2.24, 2.45) is 0 Å². The van der Waals surface area contributed by atoms with Gasteiger partial charge in [0.25, 0.3) is 5.91 Å². The maximum atomic E-state index is 12.4. The molecule has 3 amide bonds. The molecule has 0 spiro atoms. The first-order valence-corrected chi connectivity index (χ1v) is 10.6. The minimum atomic E-state index is -1.00.